The molecule has 0 bridgehead atoms. The summed E-state index contributed by atoms with van der Waals surface area (Å²) in [6.07, 6.45) is -2.03. The Labute approximate surface area is 166 Å². The Kier molecular flexibility index (Phi) is 6.41. The molecule has 0 spiro atoms. The topological polar surface area (TPSA) is 40.9 Å². The molecule has 1 heterocycles. The zero-order valence-corrected chi connectivity index (χ0v) is 16.5. The van der Waals surface area contributed by atoms with Gasteiger partial charge in [-0.25, -0.2) is 0 Å². The van der Waals surface area contributed by atoms with Crippen LogP contribution in [0, 0.1) is 0 Å². The van der Waals surface area contributed by atoms with Crippen molar-refractivity contribution in [2.75, 3.05) is 6.26 Å². The van der Waals surface area contributed by atoms with E-state index in [0.717, 1.165) is 28.6 Å². The molecule has 1 unspecified atom stereocenters. The van der Waals surface area contributed by atoms with E-state index >= 15 is 0 Å². The van der Waals surface area contributed by atoms with E-state index in [0.29, 0.717) is 6.07 Å². The van der Waals surface area contributed by atoms with Gasteiger partial charge in [0.1, 0.15) is 0 Å². The molecule has 0 saturated carbocycles. The Hall–Kier alpha value is -0.0300. The van der Waals surface area contributed by atoms with Crippen molar-refractivity contribution >= 4 is 69.3 Å². The number of imidazole rings is 1. The van der Waals surface area contributed by atoms with Gasteiger partial charge in [-0.2, -0.15) is 22.5 Å². The summed E-state index contributed by atoms with van der Waals surface area (Å²) in [6.45, 7) is 0. The zero-order chi connectivity index (χ0) is 19.2. The van der Waals surface area contributed by atoms with Gasteiger partial charge in [0.25, 0.3) is 5.03 Å². The van der Waals surface area contributed by atoms with Crippen LogP contribution in [-0.2, 0) is 17.4 Å². The third kappa shape index (κ3) is 4.63. The summed E-state index contributed by atoms with van der Waals surface area (Å²) in [5.41, 5.74) is -0.883. The first kappa shape index (κ1) is 21.3. The number of nitrogens with zero attached hydrogens (tertiary/aromatic N) is 2. The maximum absolute atomic E-state index is 13.4. The molecule has 1 aromatic heterocycles. The summed E-state index contributed by atoms with van der Waals surface area (Å²) in [4.78, 5) is 3.80. The molecule has 25 heavy (non-hydrogen) atoms. The second-order valence-electron chi connectivity index (χ2n) is 4.44. The molecule has 0 saturated heterocycles. The second-order valence-corrected chi connectivity index (χ2v) is 9.23. The maximum atomic E-state index is 13.4. The second kappa shape index (κ2) is 7.53. The van der Waals surface area contributed by atoms with Crippen LogP contribution in [0.15, 0.2) is 28.3 Å². The first-order valence-electron chi connectivity index (χ1n) is 6.05. The number of alkyl halides is 6. The van der Waals surface area contributed by atoms with Crippen molar-refractivity contribution in [1.82, 2.24) is 9.55 Å². The van der Waals surface area contributed by atoms with Crippen molar-refractivity contribution in [2.24, 2.45) is 0 Å². The molecule has 0 amide bonds. The molecule has 0 aliphatic rings. The lowest BCUT2D eigenvalue weighted by atomic mass is 10.2. The molecule has 0 radical (unpaired) electrons. The highest BCUT2D eigenvalue weighted by molar-refractivity contribution is 7.98. The molecular formula is C12H6Cl4F4N2OS2. The standard InChI is InChI=1S/C12H6Cl4F4N2OS2/c1-24-7-3-5(11(17,18)19)2-6(13)9(7)22-4-8(21-10(22)14)25(23)12(15,16)20/h2-4H,1H3. The van der Waals surface area contributed by atoms with Crippen LogP contribution < -0.4 is 0 Å². The van der Waals surface area contributed by atoms with Crippen molar-refractivity contribution in [3.63, 3.8) is 0 Å². The maximum Gasteiger partial charge on any atom is 0.425 e. The molecule has 138 valence electrons. The van der Waals surface area contributed by atoms with Gasteiger partial charge in [-0.15, -0.1) is 11.8 Å². The van der Waals surface area contributed by atoms with Gasteiger partial charge in [-0.3, -0.25) is 4.57 Å². The molecule has 0 fully saturated rings. The van der Waals surface area contributed by atoms with Crippen LogP contribution in [0.2, 0.25) is 10.3 Å². The van der Waals surface area contributed by atoms with E-state index in [9.17, 15) is 22.1 Å². The Morgan fingerprint density at radius 1 is 1.20 bits per heavy atom. The Morgan fingerprint density at radius 3 is 2.28 bits per heavy atom. The van der Waals surface area contributed by atoms with Crippen molar-refractivity contribution in [1.29, 1.82) is 0 Å². The highest BCUT2D eigenvalue weighted by Gasteiger charge is 2.42. The van der Waals surface area contributed by atoms with E-state index in [2.05, 4.69) is 4.98 Å². The van der Waals surface area contributed by atoms with E-state index in [4.69, 9.17) is 46.4 Å². The van der Waals surface area contributed by atoms with Gasteiger partial charge in [0, 0.05) is 4.90 Å². The normalized spacial score (nSPS) is 14.0. The Morgan fingerprint density at radius 2 is 1.80 bits per heavy atom. The molecule has 0 N–H and O–H groups in total. The van der Waals surface area contributed by atoms with Crippen LogP contribution in [0.5, 0.6) is 0 Å². The zero-order valence-electron chi connectivity index (χ0n) is 11.9. The molecule has 0 aliphatic carbocycles. The van der Waals surface area contributed by atoms with Gasteiger partial charge in [-0.1, -0.05) is 11.6 Å². The molecule has 1 atom stereocenters. The summed E-state index contributed by atoms with van der Waals surface area (Å²) in [5.74, 6) is 0. The molecule has 1 aromatic carbocycles. The minimum absolute atomic E-state index is 0.0662. The minimum Gasteiger partial charge on any atom is -0.606 e. The van der Waals surface area contributed by atoms with Gasteiger partial charge in [0.2, 0.25) is 5.28 Å². The largest absolute Gasteiger partial charge is 0.606 e. The number of halogens is 8. The third-order valence-electron chi connectivity index (χ3n) is 2.86. The van der Waals surface area contributed by atoms with Crippen LogP contribution in [0.3, 0.4) is 0 Å². The van der Waals surface area contributed by atoms with Crippen molar-refractivity contribution in [3.05, 3.63) is 34.2 Å². The fourth-order valence-electron chi connectivity index (χ4n) is 1.83. The molecule has 0 aliphatic heterocycles. The van der Waals surface area contributed by atoms with E-state index in [1.54, 1.807) is 0 Å². The van der Waals surface area contributed by atoms with Crippen LogP contribution in [-0.4, -0.2) is 24.3 Å². The summed E-state index contributed by atoms with van der Waals surface area (Å²) >= 11 is 20.6. The van der Waals surface area contributed by atoms with Crippen LogP contribution in [0.4, 0.5) is 17.6 Å². The van der Waals surface area contributed by atoms with Gasteiger partial charge < -0.3 is 4.55 Å². The van der Waals surface area contributed by atoms with Crippen molar-refractivity contribution in [3.8, 4) is 5.69 Å². The number of aromatic nitrogens is 2. The fourth-order valence-corrected chi connectivity index (χ4v) is 4.20. The quantitative estimate of drug-likeness (QED) is 0.232. The van der Waals surface area contributed by atoms with Crippen LogP contribution in [0.1, 0.15) is 5.56 Å². The smallest absolute Gasteiger partial charge is 0.425 e. The van der Waals surface area contributed by atoms with Gasteiger partial charge >= 0.3 is 10.1 Å². The Bertz CT molecular complexity index is 795. The number of hydrogen-bond donors (Lipinski definition) is 0. The van der Waals surface area contributed by atoms with Crippen LogP contribution >= 0.6 is 58.2 Å². The lowest BCUT2D eigenvalue weighted by molar-refractivity contribution is -0.137. The summed E-state index contributed by atoms with van der Waals surface area (Å²) in [5, 5.41) is -0.988. The first-order valence-corrected chi connectivity index (χ1v) is 9.93. The van der Waals surface area contributed by atoms with E-state index < -0.39 is 31.9 Å². The number of benzene rings is 1. The number of rotatable bonds is 4. The van der Waals surface area contributed by atoms with Gasteiger partial charge in [0.05, 0.1) is 33.6 Å². The predicted octanol–water partition coefficient (Wildman–Crippen LogP) is 6.09. The van der Waals surface area contributed by atoms with Crippen LogP contribution in [0.25, 0.3) is 5.69 Å². The molecule has 13 heteroatoms. The summed E-state index contributed by atoms with van der Waals surface area (Å²) < 4.78 is 61.9. The SMILES string of the molecule is CSc1cc(C(F)(F)F)cc(Cl)c1-n1cc([S+]([O-])C(F)(Cl)Cl)nc1Cl. The molecule has 2 rings (SSSR count). The van der Waals surface area contributed by atoms with E-state index in [-0.39, 0.29) is 20.9 Å². The minimum atomic E-state index is -4.59. The average Bonchev–Trinajstić information content (AvgIpc) is 2.85. The molecule has 3 nitrogen and oxygen atoms in total. The monoisotopic (exact) mass is 474 g/mol. The van der Waals surface area contributed by atoms with Gasteiger partial charge in [-0.05, 0) is 53.2 Å². The molecular weight excluding hydrogens is 470 g/mol. The lowest BCUT2D eigenvalue weighted by Crippen LogP contribution is -2.21. The lowest BCUT2D eigenvalue weighted by Gasteiger charge is -2.15. The highest BCUT2D eigenvalue weighted by Crippen LogP contribution is 2.41. The molecule has 2 aromatic rings. The predicted molar refractivity (Wildman–Crippen MR) is 92.3 cm³/mol. The fraction of sp³-hybridized carbons (Fsp3) is 0.250. The Balaban J connectivity index is 2.61. The first-order chi connectivity index (χ1) is 11.4. The van der Waals surface area contributed by atoms with Crippen molar-refractivity contribution < 1.29 is 22.1 Å². The number of hydrogen-bond acceptors (Lipinski definition) is 3. The van der Waals surface area contributed by atoms with Gasteiger partial charge in [0.15, 0.2) is 0 Å². The van der Waals surface area contributed by atoms with Crippen molar-refractivity contribution in [2.45, 2.75) is 20.0 Å². The van der Waals surface area contributed by atoms with E-state index in [1.165, 1.54) is 6.26 Å². The summed E-state index contributed by atoms with van der Waals surface area (Å²) in [6, 6.07) is 1.59. The van der Waals surface area contributed by atoms with E-state index in [1.807, 2.05) is 0 Å². The third-order valence-corrected chi connectivity index (χ3v) is 6.00. The number of thioether (sulfide) groups is 1. The highest BCUT2D eigenvalue weighted by atomic mass is 35.5. The average molecular weight is 476 g/mol. The summed E-state index contributed by atoms with van der Waals surface area (Å²) in [7, 11) is 0.